The van der Waals surface area contributed by atoms with Gasteiger partial charge in [-0.15, -0.1) is 0 Å². The third-order valence-corrected chi connectivity index (χ3v) is 5.34. The average molecular weight is 337 g/mol. The van der Waals surface area contributed by atoms with E-state index in [4.69, 9.17) is 5.21 Å². The van der Waals surface area contributed by atoms with Crippen molar-refractivity contribution in [3.05, 3.63) is 59.4 Å². The highest BCUT2D eigenvalue weighted by atomic mass is 16.5. The van der Waals surface area contributed by atoms with Crippen molar-refractivity contribution >= 4 is 17.5 Å². The zero-order chi connectivity index (χ0) is 17.4. The van der Waals surface area contributed by atoms with E-state index in [1.54, 1.807) is 23.9 Å². The molecule has 1 aromatic carbocycles. The summed E-state index contributed by atoms with van der Waals surface area (Å²) < 4.78 is 0. The highest BCUT2D eigenvalue weighted by Crippen LogP contribution is 2.43. The van der Waals surface area contributed by atoms with Crippen LogP contribution in [0.4, 0.5) is 5.69 Å². The number of aromatic nitrogens is 1. The monoisotopic (exact) mass is 337 g/mol. The molecule has 0 saturated carbocycles. The molecular weight excluding hydrogens is 318 g/mol. The van der Waals surface area contributed by atoms with Crippen LogP contribution >= 0.6 is 0 Å². The predicted molar refractivity (Wildman–Crippen MR) is 91.5 cm³/mol. The normalized spacial score (nSPS) is 22.1. The van der Waals surface area contributed by atoms with Crippen LogP contribution in [0.3, 0.4) is 0 Å². The summed E-state index contributed by atoms with van der Waals surface area (Å²) in [5, 5.41) is 8.85. The van der Waals surface area contributed by atoms with E-state index in [-0.39, 0.29) is 17.7 Å². The molecular formula is C19H19N3O3. The highest BCUT2D eigenvalue weighted by Gasteiger charge is 2.41. The van der Waals surface area contributed by atoms with Crippen LogP contribution in [0.25, 0.3) is 0 Å². The first kappa shape index (κ1) is 15.8. The van der Waals surface area contributed by atoms with Crippen LogP contribution < -0.4 is 10.4 Å². The fraction of sp³-hybridized carbons (Fsp3) is 0.316. The summed E-state index contributed by atoms with van der Waals surface area (Å²) >= 11 is 0. The van der Waals surface area contributed by atoms with Crippen molar-refractivity contribution in [2.45, 2.75) is 25.2 Å². The lowest BCUT2D eigenvalue weighted by atomic mass is 9.85. The second-order valence-electron chi connectivity index (χ2n) is 6.59. The Labute approximate surface area is 145 Å². The minimum Gasteiger partial charge on any atom is -0.312 e. The van der Waals surface area contributed by atoms with E-state index in [2.05, 4.69) is 4.98 Å². The van der Waals surface area contributed by atoms with Gasteiger partial charge in [0.05, 0.1) is 0 Å². The summed E-state index contributed by atoms with van der Waals surface area (Å²) in [6.45, 7) is 0.705. The number of nitrogens with one attached hydrogen (secondary N) is 1. The van der Waals surface area contributed by atoms with E-state index in [1.807, 2.05) is 29.2 Å². The second kappa shape index (κ2) is 6.29. The maximum Gasteiger partial charge on any atom is 0.274 e. The number of nitrogens with zero attached hydrogens (tertiary/aromatic N) is 2. The molecule has 0 bridgehead atoms. The van der Waals surface area contributed by atoms with Gasteiger partial charge in [-0.3, -0.25) is 19.8 Å². The molecule has 2 atom stereocenters. The fourth-order valence-corrected chi connectivity index (χ4v) is 4.11. The number of amides is 2. The quantitative estimate of drug-likeness (QED) is 0.665. The topological polar surface area (TPSA) is 82.5 Å². The molecule has 2 aromatic rings. The number of fused-ring (bicyclic) bond motifs is 1. The SMILES string of the molecule is O=C(NO)c1ccc2c(c1)C(C1CCN(c3ccncc3)C1=O)CC2. The van der Waals surface area contributed by atoms with Gasteiger partial charge in [-0.05, 0) is 60.6 Å². The summed E-state index contributed by atoms with van der Waals surface area (Å²) in [6, 6.07) is 9.17. The molecule has 128 valence electrons. The molecule has 0 radical (unpaired) electrons. The van der Waals surface area contributed by atoms with Crippen molar-refractivity contribution in [3.8, 4) is 0 Å². The number of rotatable bonds is 3. The number of hydrogen-bond donors (Lipinski definition) is 2. The maximum atomic E-state index is 13.0. The van der Waals surface area contributed by atoms with Crippen LogP contribution in [0.2, 0.25) is 0 Å². The zero-order valence-electron chi connectivity index (χ0n) is 13.7. The Morgan fingerprint density at radius 1 is 1.16 bits per heavy atom. The van der Waals surface area contributed by atoms with Crippen molar-refractivity contribution in [2.75, 3.05) is 11.4 Å². The lowest BCUT2D eigenvalue weighted by Gasteiger charge is -2.20. The third kappa shape index (κ3) is 2.68. The zero-order valence-corrected chi connectivity index (χ0v) is 13.7. The van der Waals surface area contributed by atoms with Gasteiger partial charge in [0.2, 0.25) is 5.91 Å². The smallest absolute Gasteiger partial charge is 0.274 e. The molecule has 6 nitrogen and oxygen atoms in total. The molecule has 2 unspecified atom stereocenters. The van der Waals surface area contributed by atoms with Crippen LogP contribution in [0, 0.1) is 5.92 Å². The van der Waals surface area contributed by atoms with Gasteiger partial charge in [0, 0.05) is 36.1 Å². The van der Waals surface area contributed by atoms with Crippen molar-refractivity contribution in [2.24, 2.45) is 5.92 Å². The number of benzene rings is 1. The standard InChI is InChI=1S/C19H19N3O3/c23-18(21-25)13-2-1-12-3-4-15(17(12)11-13)16-7-10-22(19(16)24)14-5-8-20-9-6-14/h1-2,5-6,8-9,11,15-16,25H,3-4,7,10H2,(H,21,23). The Hall–Kier alpha value is -2.73. The Balaban J connectivity index is 1.61. The van der Waals surface area contributed by atoms with Gasteiger partial charge in [-0.2, -0.15) is 0 Å². The van der Waals surface area contributed by atoms with Crippen LogP contribution in [-0.2, 0) is 11.2 Å². The molecule has 2 heterocycles. The minimum atomic E-state index is -0.524. The van der Waals surface area contributed by atoms with E-state index < -0.39 is 5.91 Å². The molecule has 6 heteroatoms. The first-order chi connectivity index (χ1) is 12.2. The van der Waals surface area contributed by atoms with Crippen molar-refractivity contribution in [1.82, 2.24) is 10.5 Å². The molecule has 4 rings (SSSR count). The molecule has 1 saturated heterocycles. The third-order valence-electron chi connectivity index (χ3n) is 5.34. The highest BCUT2D eigenvalue weighted by molar-refractivity contribution is 5.98. The Kier molecular flexibility index (Phi) is 3.97. The van der Waals surface area contributed by atoms with E-state index in [0.29, 0.717) is 12.1 Å². The average Bonchev–Trinajstić information content (AvgIpc) is 3.24. The molecule has 1 aliphatic carbocycles. The first-order valence-electron chi connectivity index (χ1n) is 8.47. The van der Waals surface area contributed by atoms with E-state index >= 15 is 0 Å². The second-order valence-corrected chi connectivity index (χ2v) is 6.59. The van der Waals surface area contributed by atoms with Gasteiger partial charge in [0.15, 0.2) is 0 Å². The van der Waals surface area contributed by atoms with Gasteiger partial charge in [-0.25, -0.2) is 5.48 Å². The summed E-state index contributed by atoms with van der Waals surface area (Å²) in [7, 11) is 0. The molecule has 2 N–H and O–H groups in total. The number of hydrogen-bond acceptors (Lipinski definition) is 4. The van der Waals surface area contributed by atoms with Crippen LogP contribution in [0.5, 0.6) is 0 Å². The molecule has 2 amide bonds. The summed E-state index contributed by atoms with van der Waals surface area (Å²) in [5.41, 5.74) is 5.23. The van der Waals surface area contributed by atoms with Crippen molar-refractivity contribution < 1.29 is 14.8 Å². The van der Waals surface area contributed by atoms with Crippen LogP contribution in [0.15, 0.2) is 42.7 Å². The van der Waals surface area contributed by atoms with Crippen LogP contribution in [0.1, 0.15) is 40.2 Å². The van der Waals surface area contributed by atoms with Crippen molar-refractivity contribution in [3.63, 3.8) is 0 Å². The Morgan fingerprint density at radius 3 is 2.72 bits per heavy atom. The van der Waals surface area contributed by atoms with E-state index in [1.165, 1.54) is 5.56 Å². The molecule has 25 heavy (non-hydrogen) atoms. The number of carbonyl (C=O) groups is 2. The van der Waals surface area contributed by atoms with Gasteiger partial charge in [0.25, 0.3) is 5.91 Å². The van der Waals surface area contributed by atoms with E-state index in [9.17, 15) is 9.59 Å². The first-order valence-corrected chi connectivity index (χ1v) is 8.47. The lowest BCUT2D eigenvalue weighted by molar-refractivity contribution is -0.121. The summed E-state index contributed by atoms with van der Waals surface area (Å²) in [6.07, 6.45) is 6.03. The summed E-state index contributed by atoms with van der Waals surface area (Å²) in [5.74, 6) is -0.326. The molecule has 1 aromatic heterocycles. The van der Waals surface area contributed by atoms with E-state index in [0.717, 1.165) is 30.5 Å². The molecule has 1 aliphatic heterocycles. The summed E-state index contributed by atoms with van der Waals surface area (Å²) in [4.78, 5) is 30.5. The molecule has 2 aliphatic rings. The number of aryl methyl sites for hydroxylation is 1. The van der Waals surface area contributed by atoms with Gasteiger partial charge in [0.1, 0.15) is 0 Å². The van der Waals surface area contributed by atoms with Gasteiger partial charge < -0.3 is 4.90 Å². The number of pyridine rings is 1. The maximum absolute atomic E-state index is 13.0. The van der Waals surface area contributed by atoms with Gasteiger partial charge in [-0.1, -0.05) is 6.07 Å². The lowest BCUT2D eigenvalue weighted by Crippen LogP contribution is -2.29. The van der Waals surface area contributed by atoms with Crippen LogP contribution in [-0.4, -0.2) is 28.6 Å². The minimum absolute atomic E-state index is 0.0677. The predicted octanol–water partition coefficient (Wildman–Crippen LogP) is 2.28. The number of hydroxylamine groups is 1. The number of carbonyl (C=O) groups excluding carboxylic acids is 2. The Morgan fingerprint density at radius 2 is 1.96 bits per heavy atom. The largest absolute Gasteiger partial charge is 0.312 e. The number of anilines is 1. The fourth-order valence-electron chi connectivity index (χ4n) is 4.11. The Bertz CT molecular complexity index is 822. The molecule has 1 fully saturated rings. The van der Waals surface area contributed by atoms with Crippen molar-refractivity contribution in [1.29, 1.82) is 0 Å². The van der Waals surface area contributed by atoms with Gasteiger partial charge >= 0.3 is 0 Å². The molecule has 0 spiro atoms.